The minimum atomic E-state index is 0.0139. The van der Waals surface area contributed by atoms with Crippen molar-refractivity contribution < 1.29 is 9.47 Å². The van der Waals surface area contributed by atoms with Crippen molar-refractivity contribution >= 4 is 0 Å². The number of aromatic nitrogens is 1. The van der Waals surface area contributed by atoms with Crippen LogP contribution in [0, 0.1) is 6.92 Å². The van der Waals surface area contributed by atoms with E-state index in [4.69, 9.17) is 9.47 Å². The third-order valence-electron chi connectivity index (χ3n) is 5.09. The van der Waals surface area contributed by atoms with Crippen molar-refractivity contribution in [2.75, 3.05) is 34.4 Å². The van der Waals surface area contributed by atoms with Crippen molar-refractivity contribution in [2.45, 2.75) is 19.5 Å². The van der Waals surface area contributed by atoms with Crippen LogP contribution in [0.1, 0.15) is 11.1 Å². The zero-order chi connectivity index (χ0) is 18.8. The van der Waals surface area contributed by atoms with Gasteiger partial charge >= 0.3 is 0 Å². The average molecular weight is 357 g/mol. The summed E-state index contributed by atoms with van der Waals surface area (Å²) in [6.45, 7) is 4.61. The first-order chi connectivity index (χ1) is 12.4. The fourth-order valence-electron chi connectivity index (χ4n) is 3.31. The van der Waals surface area contributed by atoms with Crippen molar-refractivity contribution in [3.8, 4) is 22.6 Å². The Morgan fingerprint density at radius 2 is 1.77 bits per heavy atom. The molecule has 3 rings (SSSR count). The molecule has 6 nitrogen and oxygen atoms in total. The summed E-state index contributed by atoms with van der Waals surface area (Å²) < 4.78 is 13.0. The highest BCUT2D eigenvalue weighted by molar-refractivity contribution is 5.69. The van der Waals surface area contributed by atoms with E-state index in [1.165, 1.54) is 0 Å². The van der Waals surface area contributed by atoms with Crippen LogP contribution in [0.15, 0.2) is 29.2 Å². The normalized spacial score (nSPS) is 14.4. The molecule has 0 atom stereocenters. The number of hydrogen-bond acceptors (Lipinski definition) is 5. The van der Waals surface area contributed by atoms with Gasteiger partial charge in [0.25, 0.3) is 5.56 Å². The average Bonchev–Trinajstić information content (AvgIpc) is 2.57. The monoisotopic (exact) mass is 357 g/mol. The van der Waals surface area contributed by atoms with Crippen LogP contribution in [0.5, 0.6) is 11.5 Å². The van der Waals surface area contributed by atoms with Crippen LogP contribution in [0.2, 0.25) is 0 Å². The molecule has 0 saturated carbocycles. The Bertz CT molecular complexity index is 805. The van der Waals surface area contributed by atoms with Gasteiger partial charge in [-0.05, 0) is 43.3 Å². The molecule has 0 aliphatic carbocycles. The Morgan fingerprint density at radius 3 is 2.23 bits per heavy atom. The lowest BCUT2D eigenvalue weighted by atomic mass is 10.0. The first-order valence-corrected chi connectivity index (χ1v) is 8.78. The molecule has 6 heteroatoms. The largest absolute Gasteiger partial charge is 0.496 e. The van der Waals surface area contributed by atoms with E-state index in [1.807, 2.05) is 31.3 Å². The maximum Gasteiger partial charge on any atom is 0.253 e. The Hall–Kier alpha value is -2.31. The molecule has 1 aliphatic rings. The number of likely N-dealkylation sites (N-methyl/N-ethyl adjacent to an activating group) is 1. The Balaban J connectivity index is 2.02. The molecule has 1 saturated heterocycles. The lowest BCUT2D eigenvalue weighted by molar-refractivity contribution is 0.170. The topological polar surface area (TPSA) is 55.7 Å². The standard InChI is InChI=1S/C20H27N3O3/c1-13-6-15(11-23(3)20(13)24)14-7-18(25-4)17(19(8-14)26-5)12-22(2)16-9-21-10-16/h6-8,11,16,21H,9-10,12H2,1-5H3. The second-order valence-corrected chi connectivity index (χ2v) is 6.91. The number of nitrogens with one attached hydrogen (secondary N) is 1. The summed E-state index contributed by atoms with van der Waals surface area (Å²) in [7, 11) is 7.25. The minimum Gasteiger partial charge on any atom is -0.496 e. The fraction of sp³-hybridized carbons (Fsp3) is 0.450. The zero-order valence-electron chi connectivity index (χ0n) is 16.1. The Morgan fingerprint density at radius 1 is 1.15 bits per heavy atom. The molecule has 1 N–H and O–H groups in total. The SMILES string of the molecule is COc1cc(-c2cc(C)c(=O)n(C)c2)cc(OC)c1CN(C)C1CNC1. The van der Waals surface area contributed by atoms with E-state index in [0.717, 1.165) is 47.8 Å². The second kappa shape index (κ2) is 7.51. The van der Waals surface area contributed by atoms with Crippen LogP contribution in [0.3, 0.4) is 0 Å². The molecule has 1 aromatic carbocycles. The number of methoxy groups -OCH3 is 2. The molecule has 0 amide bonds. The molecule has 1 fully saturated rings. The van der Waals surface area contributed by atoms with E-state index < -0.39 is 0 Å². The van der Waals surface area contributed by atoms with E-state index in [-0.39, 0.29) is 5.56 Å². The molecule has 0 spiro atoms. The van der Waals surface area contributed by atoms with E-state index in [1.54, 1.807) is 25.8 Å². The lowest BCUT2D eigenvalue weighted by Gasteiger charge is -2.36. The molecular weight excluding hydrogens is 330 g/mol. The molecule has 1 aromatic heterocycles. The van der Waals surface area contributed by atoms with Gasteiger partial charge in [-0.1, -0.05) is 0 Å². The molecule has 26 heavy (non-hydrogen) atoms. The van der Waals surface area contributed by atoms with E-state index >= 15 is 0 Å². The van der Waals surface area contributed by atoms with Crippen LogP contribution in [-0.2, 0) is 13.6 Å². The minimum absolute atomic E-state index is 0.0139. The van der Waals surface area contributed by atoms with Gasteiger partial charge in [0.15, 0.2) is 0 Å². The van der Waals surface area contributed by atoms with Gasteiger partial charge in [-0.15, -0.1) is 0 Å². The van der Waals surface area contributed by atoms with Gasteiger partial charge in [0.2, 0.25) is 0 Å². The second-order valence-electron chi connectivity index (χ2n) is 6.91. The molecule has 0 unspecified atom stereocenters. The van der Waals surface area contributed by atoms with Crippen molar-refractivity contribution in [1.29, 1.82) is 0 Å². The predicted octanol–water partition coefficient (Wildman–Crippen LogP) is 1.78. The van der Waals surface area contributed by atoms with E-state index in [2.05, 4.69) is 17.3 Å². The first-order valence-electron chi connectivity index (χ1n) is 8.78. The summed E-state index contributed by atoms with van der Waals surface area (Å²) in [5.41, 5.74) is 3.69. The highest BCUT2D eigenvalue weighted by atomic mass is 16.5. The number of benzene rings is 1. The number of aryl methyl sites for hydroxylation is 2. The van der Waals surface area contributed by atoms with Gasteiger partial charge in [-0.2, -0.15) is 0 Å². The molecule has 1 aliphatic heterocycles. The van der Waals surface area contributed by atoms with Crippen molar-refractivity contribution in [2.24, 2.45) is 7.05 Å². The van der Waals surface area contributed by atoms with Crippen LogP contribution < -0.4 is 20.3 Å². The molecule has 0 radical (unpaired) electrons. The summed E-state index contributed by atoms with van der Waals surface area (Å²) in [4.78, 5) is 14.3. The smallest absolute Gasteiger partial charge is 0.253 e. The lowest BCUT2D eigenvalue weighted by Crippen LogP contribution is -2.55. The number of rotatable bonds is 6. The molecule has 140 valence electrons. The Labute approximate surface area is 154 Å². The van der Waals surface area contributed by atoms with Gasteiger partial charge in [0.05, 0.1) is 19.8 Å². The van der Waals surface area contributed by atoms with Gasteiger partial charge in [0.1, 0.15) is 11.5 Å². The molecule has 0 bridgehead atoms. The van der Waals surface area contributed by atoms with Gasteiger partial charge in [-0.25, -0.2) is 0 Å². The third-order valence-corrected chi connectivity index (χ3v) is 5.09. The van der Waals surface area contributed by atoms with E-state index in [9.17, 15) is 4.79 Å². The zero-order valence-corrected chi connectivity index (χ0v) is 16.1. The van der Waals surface area contributed by atoms with Crippen molar-refractivity contribution in [1.82, 2.24) is 14.8 Å². The maximum atomic E-state index is 12.0. The maximum absolute atomic E-state index is 12.0. The quantitative estimate of drug-likeness (QED) is 0.854. The van der Waals surface area contributed by atoms with Crippen LogP contribution >= 0.6 is 0 Å². The van der Waals surface area contributed by atoms with E-state index in [0.29, 0.717) is 11.6 Å². The number of nitrogens with zero attached hydrogens (tertiary/aromatic N) is 2. The highest BCUT2D eigenvalue weighted by Gasteiger charge is 2.24. The summed E-state index contributed by atoms with van der Waals surface area (Å²) in [5.74, 6) is 1.59. The fourth-order valence-corrected chi connectivity index (χ4v) is 3.31. The molecule has 2 aromatic rings. The Kier molecular flexibility index (Phi) is 5.34. The van der Waals surface area contributed by atoms with Gasteiger partial charge in [-0.3, -0.25) is 9.69 Å². The van der Waals surface area contributed by atoms with Crippen molar-refractivity contribution in [3.05, 3.63) is 45.9 Å². The predicted molar refractivity (Wildman–Crippen MR) is 103 cm³/mol. The summed E-state index contributed by atoms with van der Waals surface area (Å²) >= 11 is 0. The number of pyridine rings is 1. The summed E-state index contributed by atoms with van der Waals surface area (Å²) in [5, 5.41) is 3.30. The highest BCUT2D eigenvalue weighted by Crippen LogP contribution is 2.36. The van der Waals surface area contributed by atoms with Crippen LogP contribution in [0.25, 0.3) is 11.1 Å². The molecular formula is C20H27N3O3. The summed E-state index contributed by atoms with van der Waals surface area (Å²) in [6.07, 6.45) is 1.84. The number of hydrogen-bond donors (Lipinski definition) is 1. The van der Waals surface area contributed by atoms with Crippen LogP contribution in [-0.4, -0.2) is 49.9 Å². The van der Waals surface area contributed by atoms with Crippen LogP contribution in [0.4, 0.5) is 0 Å². The first kappa shape index (κ1) is 18.5. The molecule has 2 heterocycles. The number of ether oxygens (including phenoxy) is 2. The summed E-state index contributed by atoms with van der Waals surface area (Å²) in [6, 6.07) is 6.48. The van der Waals surface area contributed by atoms with Gasteiger partial charge in [0, 0.05) is 44.5 Å². The van der Waals surface area contributed by atoms with Gasteiger partial charge < -0.3 is 19.4 Å². The van der Waals surface area contributed by atoms with Crippen molar-refractivity contribution in [3.63, 3.8) is 0 Å². The third kappa shape index (κ3) is 3.48.